The minimum absolute atomic E-state index is 0.646. The van der Waals surface area contributed by atoms with Crippen LogP contribution < -0.4 is 5.32 Å². The summed E-state index contributed by atoms with van der Waals surface area (Å²) in [7, 11) is 2.04. The number of nitrogens with zero attached hydrogens (tertiary/aromatic N) is 2. The normalized spacial score (nSPS) is 11.3. The van der Waals surface area contributed by atoms with E-state index in [4.69, 9.17) is 0 Å². The van der Waals surface area contributed by atoms with E-state index in [1.165, 1.54) is 16.6 Å². The van der Waals surface area contributed by atoms with Crippen molar-refractivity contribution in [2.45, 2.75) is 20.8 Å². The second-order valence-electron chi connectivity index (χ2n) is 4.75. The highest BCUT2D eigenvalue weighted by molar-refractivity contribution is 5.92. The van der Waals surface area contributed by atoms with Gasteiger partial charge in [-0.3, -0.25) is 0 Å². The minimum atomic E-state index is 0.646. The summed E-state index contributed by atoms with van der Waals surface area (Å²) in [5.74, 6) is 0.646. The Kier molecular flexibility index (Phi) is 2.86. The second kappa shape index (κ2) is 4.16. The Balaban J connectivity index is 2.45. The van der Waals surface area contributed by atoms with Crippen molar-refractivity contribution in [3.05, 3.63) is 24.0 Å². The quantitative estimate of drug-likeness (QED) is 0.856. The van der Waals surface area contributed by atoms with Crippen LogP contribution in [-0.4, -0.2) is 16.1 Å². The molecule has 0 aliphatic heterocycles. The molecule has 86 valence electrons. The van der Waals surface area contributed by atoms with Gasteiger partial charge in [0.2, 0.25) is 0 Å². The van der Waals surface area contributed by atoms with Gasteiger partial charge in [0, 0.05) is 37.1 Å². The fraction of sp³-hybridized carbons (Fsp3) is 0.462. The zero-order valence-electron chi connectivity index (χ0n) is 10.4. The van der Waals surface area contributed by atoms with Crippen molar-refractivity contribution in [1.29, 1.82) is 0 Å². The first kappa shape index (κ1) is 11.0. The van der Waals surface area contributed by atoms with E-state index in [1.807, 2.05) is 13.2 Å². The van der Waals surface area contributed by atoms with Gasteiger partial charge < -0.3 is 9.88 Å². The molecular weight excluding hydrogens is 198 g/mol. The summed E-state index contributed by atoms with van der Waals surface area (Å²) in [5, 5.41) is 4.73. The molecule has 2 aromatic heterocycles. The third kappa shape index (κ3) is 1.90. The summed E-state index contributed by atoms with van der Waals surface area (Å²) in [6, 6.07) is 2.05. The Morgan fingerprint density at radius 1 is 1.44 bits per heavy atom. The smallest absolute Gasteiger partial charge is 0.141 e. The molecule has 2 heterocycles. The molecule has 0 bridgehead atoms. The molecule has 2 aromatic rings. The van der Waals surface area contributed by atoms with Crippen molar-refractivity contribution in [2.75, 3.05) is 11.9 Å². The molecular formula is C13H19N3. The molecule has 2 rings (SSSR count). The van der Waals surface area contributed by atoms with Gasteiger partial charge in [-0.2, -0.15) is 0 Å². The Bertz CT molecular complexity index is 497. The maximum atomic E-state index is 4.41. The number of anilines is 1. The summed E-state index contributed by atoms with van der Waals surface area (Å²) >= 11 is 0. The lowest BCUT2D eigenvalue weighted by Crippen LogP contribution is -2.08. The van der Waals surface area contributed by atoms with Gasteiger partial charge in [-0.15, -0.1) is 0 Å². The molecule has 0 aromatic carbocycles. The number of aromatic nitrogens is 2. The van der Waals surface area contributed by atoms with Crippen LogP contribution in [0.4, 0.5) is 5.69 Å². The Morgan fingerprint density at radius 3 is 2.88 bits per heavy atom. The predicted molar refractivity (Wildman–Crippen MR) is 68.8 cm³/mol. The molecule has 1 N–H and O–H groups in total. The van der Waals surface area contributed by atoms with E-state index in [0.717, 1.165) is 12.2 Å². The van der Waals surface area contributed by atoms with E-state index < -0.39 is 0 Å². The number of nitrogens with one attached hydrogen (secondary N) is 1. The van der Waals surface area contributed by atoms with Crippen LogP contribution in [-0.2, 0) is 7.05 Å². The van der Waals surface area contributed by atoms with Crippen molar-refractivity contribution >= 4 is 16.7 Å². The van der Waals surface area contributed by atoms with E-state index in [0.29, 0.717) is 5.92 Å². The first-order valence-electron chi connectivity index (χ1n) is 5.74. The SMILES string of the molecule is Cc1cn(C)c2nccc(NCC(C)C)c12. The zero-order valence-corrected chi connectivity index (χ0v) is 10.4. The molecule has 0 saturated carbocycles. The molecule has 0 spiro atoms. The van der Waals surface area contributed by atoms with Crippen molar-refractivity contribution in [1.82, 2.24) is 9.55 Å². The molecule has 0 aliphatic rings. The number of pyridine rings is 1. The van der Waals surface area contributed by atoms with Crippen LogP contribution in [0.3, 0.4) is 0 Å². The lowest BCUT2D eigenvalue weighted by molar-refractivity contribution is 0.689. The van der Waals surface area contributed by atoms with Gasteiger partial charge in [0.25, 0.3) is 0 Å². The maximum absolute atomic E-state index is 4.41. The van der Waals surface area contributed by atoms with Gasteiger partial charge in [-0.05, 0) is 24.5 Å². The summed E-state index contributed by atoms with van der Waals surface area (Å²) in [6.07, 6.45) is 3.99. The van der Waals surface area contributed by atoms with Crippen LogP contribution in [0.15, 0.2) is 18.5 Å². The fourth-order valence-corrected chi connectivity index (χ4v) is 1.98. The first-order valence-corrected chi connectivity index (χ1v) is 5.74. The van der Waals surface area contributed by atoms with Crippen LogP contribution in [0.5, 0.6) is 0 Å². The van der Waals surface area contributed by atoms with Crippen LogP contribution in [0, 0.1) is 12.8 Å². The molecule has 0 aliphatic carbocycles. The topological polar surface area (TPSA) is 29.9 Å². The van der Waals surface area contributed by atoms with Crippen molar-refractivity contribution in [2.24, 2.45) is 13.0 Å². The fourth-order valence-electron chi connectivity index (χ4n) is 1.98. The van der Waals surface area contributed by atoms with Gasteiger partial charge >= 0.3 is 0 Å². The van der Waals surface area contributed by atoms with Crippen LogP contribution in [0.25, 0.3) is 11.0 Å². The lowest BCUT2D eigenvalue weighted by atomic mass is 10.2. The third-order valence-corrected chi connectivity index (χ3v) is 2.75. The zero-order chi connectivity index (χ0) is 11.7. The van der Waals surface area contributed by atoms with E-state index in [9.17, 15) is 0 Å². The maximum Gasteiger partial charge on any atom is 0.141 e. The van der Waals surface area contributed by atoms with E-state index in [2.05, 4.69) is 47.9 Å². The van der Waals surface area contributed by atoms with Crippen molar-refractivity contribution in [3.8, 4) is 0 Å². The summed E-state index contributed by atoms with van der Waals surface area (Å²) in [5.41, 5.74) is 3.51. The molecule has 0 saturated heterocycles. The van der Waals surface area contributed by atoms with E-state index in [-0.39, 0.29) is 0 Å². The summed E-state index contributed by atoms with van der Waals surface area (Å²) in [6.45, 7) is 7.55. The number of fused-ring (bicyclic) bond motifs is 1. The molecule has 0 unspecified atom stereocenters. The molecule has 0 fully saturated rings. The Labute approximate surface area is 96.5 Å². The van der Waals surface area contributed by atoms with Crippen molar-refractivity contribution in [3.63, 3.8) is 0 Å². The Hall–Kier alpha value is -1.51. The number of hydrogen-bond donors (Lipinski definition) is 1. The van der Waals surface area contributed by atoms with E-state index in [1.54, 1.807) is 0 Å². The first-order chi connectivity index (χ1) is 7.59. The lowest BCUT2D eigenvalue weighted by Gasteiger charge is -2.10. The second-order valence-corrected chi connectivity index (χ2v) is 4.75. The average Bonchev–Trinajstić information content (AvgIpc) is 2.52. The van der Waals surface area contributed by atoms with E-state index >= 15 is 0 Å². The van der Waals surface area contributed by atoms with Gasteiger partial charge in [-0.1, -0.05) is 13.8 Å². The standard InChI is InChI=1S/C13H19N3/c1-9(2)7-15-11-5-6-14-13-12(11)10(3)8-16(13)4/h5-6,8-9H,7H2,1-4H3,(H,14,15). The highest BCUT2D eigenvalue weighted by Gasteiger charge is 2.08. The van der Waals surface area contributed by atoms with Gasteiger partial charge in [-0.25, -0.2) is 4.98 Å². The summed E-state index contributed by atoms with van der Waals surface area (Å²) in [4.78, 5) is 4.41. The highest BCUT2D eigenvalue weighted by Crippen LogP contribution is 2.26. The summed E-state index contributed by atoms with van der Waals surface area (Å²) < 4.78 is 2.07. The molecule has 0 amide bonds. The van der Waals surface area contributed by atoms with Crippen molar-refractivity contribution < 1.29 is 0 Å². The third-order valence-electron chi connectivity index (χ3n) is 2.75. The largest absolute Gasteiger partial charge is 0.384 e. The number of rotatable bonds is 3. The van der Waals surface area contributed by atoms with Crippen LogP contribution in [0.2, 0.25) is 0 Å². The van der Waals surface area contributed by atoms with Gasteiger partial charge in [0.05, 0.1) is 0 Å². The average molecular weight is 217 g/mol. The minimum Gasteiger partial charge on any atom is -0.384 e. The van der Waals surface area contributed by atoms with Gasteiger partial charge in [0.1, 0.15) is 5.65 Å². The molecule has 3 heteroatoms. The Morgan fingerprint density at radius 2 is 2.19 bits per heavy atom. The van der Waals surface area contributed by atoms with Crippen LogP contribution in [0.1, 0.15) is 19.4 Å². The number of aryl methyl sites for hydroxylation is 2. The predicted octanol–water partition coefficient (Wildman–Crippen LogP) is 2.95. The molecule has 0 radical (unpaired) electrons. The molecule has 3 nitrogen and oxygen atoms in total. The monoisotopic (exact) mass is 217 g/mol. The number of hydrogen-bond acceptors (Lipinski definition) is 2. The molecule has 16 heavy (non-hydrogen) atoms. The van der Waals surface area contributed by atoms with Crippen LogP contribution >= 0.6 is 0 Å². The van der Waals surface area contributed by atoms with Gasteiger partial charge in [0.15, 0.2) is 0 Å². The molecule has 0 atom stereocenters. The highest BCUT2D eigenvalue weighted by atomic mass is 15.0.